The Kier molecular flexibility index (Phi) is 6.03. The van der Waals surface area contributed by atoms with E-state index in [1.807, 2.05) is 6.92 Å². The normalized spacial score (nSPS) is 13.2. The van der Waals surface area contributed by atoms with Crippen LogP contribution < -0.4 is 5.32 Å². The number of hydrogen-bond acceptors (Lipinski definition) is 3. The van der Waals surface area contributed by atoms with Crippen LogP contribution in [0.3, 0.4) is 0 Å². The van der Waals surface area contributed by atoms with Crippen molar-refractivity contribution in [1.82, 2.24) is 5.32 Å². The van der Waals surface area contributed by atoms with Crippen molar-refractivity contribution in [3.63, 3.8) is 0 Å². The van der Waals surface area contributed by atoms with Gasteiger partial charge in [-0.25, -0.2) is 0 Å². The van der Waals surface area contributed by atoms with E-state index in [9.17, 15) is 9.59 Å². The first-order chi connectivity index (χ1) is 7.29. The quantitative estimate of drug-likeness (QED) is 0.599. The third kappa shape index (κ3) is 5.70. The number of carboxylic acid groups (broad SMARTS) is 1. The number of carbonyl (C=O) groups excluding carboxylic acids is 1. The minimum absolute atomic E-state index is 0.0336. The van der Waals surface area contributed by atoms with Crippen LogP contribution in [-0.2, 0) is 9.59 Å². The minimum Gasteiger partial charge on any atom is -0.481 e. The number of aliphatic carboxylic acids is 1. The SMILES string of the molecule is CC(CCO)CNC(=O)CC(C)(C)C(=O)O. The molecular weight excluding hydrogens is 210 g/mol. The smallest absolute Gasteiger partial charge is 0.309 e. The lowest BCUT2D eigenvalue weighted by molar-refractivity contribution is -0.149. The first kappa shape index (κ1) is 14.9. The molecule has 5 heteroatoms. The molecule has 0 aliphatic rings. The van der Waals surface area contributed by atoms with Gasteiger partial charge in [0.05, 0.1) is 5.41 Å². The molecule has 0 heterocycles. The van der Waals surface area contributed by atoms with E-state index >= 15 is 0 Å². The van der Waals surface area contributed by atoms with Crippen LogP contribution in [-0.4, -0.2) is 35.2 Å². The number of nitrogens with one attached hydrogen (secondary N) is 1. The van der Waals surface area contributed by atoms with Crippen molar-refractivity contribution in [3.05, 3.63) is 0 Å². The number of carboxylic acids is 1. The number of aliphatic hydroxyl groups excluding tert-OH is 1. The van der Waals surface area contributed by atoms with Gasteiger partial charge in [0, 0.05) is 19.6 Å². The van der Waals surface area contributed by atoms with Gasteiger partial charge in [0.1, 0.15) is 0 Å². The second-order valence-electron chi connectivity index (χ2n) is 4.79. The highest BCUT2D eigenvalue weighted by Gasteiger charge is 2.29. The summed E-state index contributed by atoms with van der Waals surface area (Å²) in [5, 5.41) is 20.2. The molecule has 1 unspecified atom stereocenters. The van der Waals surface area contributed by atoms with Gasteiger partial charge in [0.15, 0.2) is 0 Å². The minimum atomic E-state index is -1.04. The Balaban J connectivity index is 3.96. The van der Waals surface area contributed by atoms with E-state index in [-0.39, 0.29) is 24.9 Å². The molecule has 0 aromatic carbocycles. The fourth-order valence-corrected chi connectivity index (χ4v) is 1.15. The monoisotopic (exact) mass is 231 g/mol. The highest BCUT2D eigenvalue weighted by molar-refractivity contribution is 5.84. The Morgan fingerprint density at radius 3 is 2.38 bits per heavy atom. The third-order valence-corrected chi connectivity index (χ3v) is 2.45. The number of aliphatic hydroxyl groups is 1. The predicted molar refractivity (Wildman–Crippen MR) is 59.9 cm³/mol. The van der Waals surface area contributed by atoms with Gasteiger partial charge in [-0.15, -0.1) is 0 Å². The highest BCUT2D eigenvalue weighted by atomic mass is 16.4. The summed E-state index contributed by atoms with van der Waals surface area (Å²) in [5.41, 5.74) is -1.04. The molecule has 5 nitrogen and oxygen atoms in total. The fourth-order valence-electron chi connectivity index (χ4n) is 1.15. The Morgan fingerprint density at radius 1 is 1.38 bits per heavy atom. The fraction of sp³-hybridized carbons (Fsp3) is 0.818. The van der Waals surface area contributed by atoms with Gasteiger partial charge in [-0.3, -0.25) is 9.59 Å². The van der Waals surface area contributed by atoms with Crippen LogP contribution in [0.25, 0.3) is 0 Å². The summed E-state index contributed by atoms with van der Waals surface area (Å²) >= 11 is 0. The topological polar surface area (TPSA) is 86.6 Å². The second-order valence-corrected chi connectivity index (χ2v) is 4.79. The molecule has 94 valence electrons. The van der Waals surface area contributed by atoms with Crippen LogP contribution >= 0.6 is 0 Å². The van der Waals surface area contributed by atoms with Crippen molar-refractivity contribution in [2.24, 2.45) is 11.3 Å². The average molecular weight is 231 g/mol. The van der Waals surface area contributed by atoms with Crippen molar-refractivity contribution in [1.29, 1.82) is 0 Å². The molecule has 0 saturated carbocycles. The largest absolute Gasteiger partial charge is 0.481 e. The van der Waals surface area contributed by atoms with E-state index in [0.29, 0.717) is 13.0 Å². The van der Waals surface area contributed by atoms with Gasteiger partial charge in [-0.1, -0.05) is 6.92 Å². The van der Waals surface area contributed by atoms with Crippen LogP contribution in [0.5, 0.6) is 0 Å². The maximum Gasteiger partial charge on any atom is 0.309 e. The van der Waals surface area contributed by atoms with Gasteiger partial charge < -0.3 is 15.5 Å². The summed E-state index contributed by atoms with van der Waals surface area (Å²) in [5.74, 6) is -1.05. The Morgan fingerprint density at radius 2 is 1.94 bits per heavy atom. The first-order valence-corrected chi connectivity index (χ1v) is 5.40. The molecule has 0 radical (unpaired) electrons. The zero-order valence-electron chi connectivity index (χ0n) is 10.1. The lowest BCUT2D eigenvalue weighted by atomic mass is 9.89. The number of rotatable bonds is 7. The van der Waals surface area contributed by atoms with Crippen LogP contribution in [0.15, 0.2) is 0 Å². The molecule has 0 spiro atoms. The molecule has 0 aliphatic carbocycles. The Bertz CT molecular complexity index is 250. The van der Waals surface area contributed by atoms with Crippen LogP contribution in [0.4, 0.5) is 0 Å². The van der Waals surface area contributed by atoms with E-state index in [4.69, 9.17) is 10.2 Å². The molecule has 0 fully saturated rings. The summed E-state index contributed by atoms with van der Waals surface area (Å²) in [6, 6.07) is 0. The lowest BCUT2D eigenvalue weighted by Crippen LogP contribution is -2.35. The first-order valence-electron chi connectivity index (χ1n) is 5.40. The summed E-state index contributed by atoms with van der Waals surface area (Å²) in [6.07, 6.45) is 0.594. The standard InChI is InChI=1S/C11H21NO4/c1-8(4-5-13)7-12-9(14)6-11(2,3)10(15)16/h8,13H,4-7H2,1-3H3,(H,12,14)(H,15,16). The van der Waals surface area contributed by atoms with Crippen LogP contribution in [0.2, 0.25) is 0 Å². The van der Waals surface area contributed by atoms with Crippen molar-refractivity contribution in [2.45, 2.75) is 33.6 Å². The highest BCUT2D eigenvalue weighted by Crippen LogP contribution is 2.19. The van der Waals surface area contributed by atoms with Gasteiger partial charge >= 0.3 is 5.97 Å². The molecule has 0 rings (SSSR count). The summed E-state index contributed by atoms with van der Waals surface area (Å²) in [7, 11) is 0. The zero-order valence-corrected chi connectivity index (χ0v) is 10.1. The van der Waals surface area contributed by atoms with Gasteiger partial charge in [-0.05, 0) is 26.2 Å². The van der Waals surface area contributed by atoms with E-state index < -0.39 is 11.4 Å². The molecule has 0 saturated heterocycles. The van der Waals surface area contributed by atoms with E-state index in [1.165, 1.54) is 13.8 Å². The van der Waals surface area contributed by atoms with Gasteiger partial charge in [0.25, 0.3) is 0 Å². The van der Waals surface area contributed by atoms with E-state index in [0.717, 1.165) is 0 Å². The van der Waals surface area contributed by atoms with Gasteiger partial charge in [0.2, 0.25) is 5.91 Å². The summed E-state index contributed by atoms with van der Waals surface area (Å²) in [6.45, 7) is 5.52. The molecule has 1 atom stereocenters. The maximum absolute atomic E-state index is 11.4. The second kappa shape index (κ2) is 6.48. The lowest BCUT2D eigenvalue weighted by Gasteiger charge is -2.19. The molecule has 3 N–H and O–H groups in total. The van der Waals surface area contributed by atoms with Crippen LogP contribution in [0.1, 0.15) is 33.6 Å². The number of amides is 1. The van der Waals surface area contributed by atoms with Crippen molar-refractivity contribution in [3.8, 4) is 0 Å². The summed E-state index contributed by atoms with van der Waals surface area (Å²) in [4.78, 5) is 22.2. The van der Waals surface area contributed by atoms with Crippen molar-refractivity contribution >= 4 is 11.9 Å². The predicted octanol–water partition coefficient (Wildman–Crippen LogP) is 0.622. The Hall–Kier alpha value is -1.10. The maximum atomic E-state index is 11.4. The molecule has 0 aromatic rings. The van der Waals surface area contributed by atoms with Crippen molar-refractivity contribution < 1.29 is 19.8 Å². The van der Waals surface area contributed by atoms with Crippen molar-refractivity contribution in [2.75, 3.05) is 13.2 Å². The Labute approximate surface area is 95.9 Å². The molecule has 0 aliphatic heterocycles. The molecule has 16 heavy (non-hydrogen) atoms. The molecule has 0 bridgehead atoms. The van der Waals surface area contributed by atoms with Crippen LogP contribution in [0, 0.1) is 11.3 Å². The molecule has 1 amide bonds. The number of hydrogen-bond donors (Lipinski definition) is 3. The van der Waals surface area contributed by atoms with Gasteiger partial charge in [-0.2, -0.15) is 0 Å². The number of carbonyl (C=O) groups is 2. The van der Waals surface area contributed by atoms with E-state index in [1.54, 1.807) is 0 Å². The molecular formula is C11H21NO4. The summed E-state index contributed by atoms with van der Waals surface area (Å²) < 4.78 is 0. The van der Waals surface area contributed by atoms with E-state index in [2.05, 4.69) is 5.32 Å². The average Bonchev–Trinajstić information content (AvgIpc) is 2.14. The zero-order chi connectivity index (χ0) is 12.8. The third-order valence-electron chi connectivity index (χ3n) is 2.45. The molecule has 0 aromatic heterocycles.